The highest BCUT2D eigenvalue weighted by atomic mass is 32.1. The lowest BCUT2D eigenvalue weighted by molar-refractivity contribution is -0.133. The summed E-state index contributed by atoms with van der Waals surface area (Å²) in [6.45, 7) is 4.56. The Bertz CT molecular complexity index is 1060. The zero-order chi connectivity index (χ0) is 21.6. The largest absolute Gasteiger partial charge is 0.497 e. The van der Waals surface area contributed by atoms with Crippen LogP contribution in [0.15, 0.2) is 48.8 Å². The van der Waals surface area contributed by atoms with E-state index < -0.39 is 0 Å². The summed E-state index contributed by atoms with van der Waals surface area (Å²) in [6, 6.07) is 11.7. The van der Waals surface area contributed by atoms with Crippen molar-refractivity contribution in [3.05, 3.63) is 59.1 Å². The van der Waals surface area contributed by atoms with Crippen LogP contribution < -0.4 is 4.74 Å². The van der Waals surface area contributed by atoms with E-state index in [9.17, 15) is 4.79 Å². The summed E-state index contributed by atoms with van der Waals surface area (Å²) in [4.78, 5) is 21.3. The first-order valence-electron chi connectivity index (χ1n) is 10.3. The summed E-state index contributed by atoms with van der Waals surface area (Å²) < 4.78 is 7.61. The van der Waals surface area contributed by atoms with Crippen LogP contribution in [-0.4, -0.2) is 68.7 Å². The minimum Gasteiger partial charge on any atom is -0.497 e. The Hall–Kier alpha value is -3.04. The van der Waals surface area contributed by atoms with Crippen molar-refractivity contribution < 1.29 is 9.53 Å². The standard InChI is InChI=1S/C22H26N6O2S/c1-30-19-6-4-18(5-7-19)21-24-25-22(31)28(21)10-8-20(29)27-13-11-26(12-14-27)16-17-3-2-9-23-15-17/h2-7,9,15H,8,10-14,16H2,1H3,(H,25,31). The van der Waals surface area contributed by atoms with E-state index in [1.165, 1.54) is 5.56 Å². The van der Waals surface area contributed by atoms with Gasteiger partial charge in [-0.05, 0) is 48.1 Å². The minimum atomic E-state index is 0.143. The molecular weight excluding hydrogens is 412 g/mol. The number of benzene rings is 1. The summed E-state index contributed by atoms with van der Waals surface area (Å²) in [7, 11) is 1.63. The molecule has 1 N–H and O–H groups in total. The zero-order valence-corrected chi connectivity index (χ0v) is 18.3. The van der Waals surface area contributed by atoms with E-state index in [2.05, 4.69) is 26.1 Å². The molecule has 1 aliphatic heterocycles. The van der Waals surface area contributed by atoms with Gasteiger partial charge in [-0.15, -0.1) is 0 Å². The first-order chi connectivity index (χ1) is 15.1. The Labute approximate surface area is 186 Å². The average molecular weight is 439 g/mol. The zero-order valence-electron chi connectivity index (χ0n) is 17.5. The van der Waals surface area contributed by atoms with Crippen LogP contribution in [0.4, 0.5) is 0 Å². The van der Waals surface area contributed by atoms with Crippen molar-refractivity contribution >= 4 is 18.1 Å². The van der Waals surface area contributed by atoms with Crippen molar-refractivity contribution in [1.29, 1.82) is 0 Å². The summed E-state index contributed by atoms with van der Waals surface area (Å²) in [5, 5.41) is 7.19. The molecule has 0 spiro atoms. The van der Waals surface area contributed by atoms with E-state index in [1.54, 1.807) is 13.3 Å². The van der Waals surface area contributed by atoms with E-state index >= 15 is 0 Å². The number of ether oxygens (including phenoxy) is 1. The van der Waals surface area contributed by atoms with Gasteiger partial charge < -0.3 is 9.64 Å². The number of carbonyl (C=O) groups excluding carboxylic acids is 1. The van der Waals surface area contributed by atoms with Crippen molar-refractivity contribution in [3.63, 3.8) is 0 Å². The Kier molecular flexibility index (Phi) is 6.73. The fraction of sp³-hybridized carbons (Fsp3) is 0.364. The highest BCUT2D eigenvalue weighted by Gasteiger charge is 2.21. The van der Waals surface area contributed by atoms with Crippen LogP contribution in [0.1, 0.15) is 12.0 Å². The number of pyridine rings is 1. The van der Waals surface area contributed by atoms with Crippen molar-refractivity contribution in [1.82, 2.24) is 29.5 Å². The lowest BCUT2D eigenvalue weighted by Crippen LogP contribution is -2.48. The van der Waals surface area contributed by atoms with E-state index in [0.29, 0.717) is 17.7 Å². The third-order valence-corrected chi connectivity index (χ3v) is 5.82. The molecule has 0 aliphatic carbocycles. The summed E-state index contributed by atoms with van der Waals surface area (Å²) >= 11 is 5.39. The van der Waals surface area contributed by atoms with Gasteiger partial charge in [0.05, 0.1) is 7.11 Å². The van der Waals surface area contributed by atoms with Gasteiger partial charge in [0.25, 0.3) is 0 Å². The molecule has 2 aromatic heterocycles. The molecule has 1 saturated heterocycles. The van der Waals surface area contributed by atoms with Crippen LogP contribution in [0.2, 0.25) is 0 Å². The number of H-pyrrole nitrogens is 1. The fourth-order valence-corrected chi connectivity index (χ4v) is 3.98. The summed E-state index contributed by atoms with van der Waals surface area (Å²) in [6.07, 6.45) is 4.07. The topological polar surface area (TPSA) is 79.3 Å². The van der Waals surface area contributed by atoms with Crippen molar-refractivity contribution in [2.24, 2.45) is 0 Å². The highest BCUT2D eigenvalue weighted by molar-refractivity contribution is 7.71. The van der Waals surface area contributed by atoms with Crippen LogP contribution >= 0.6 is 12.2 Å². The normalized spacial score (nSPS) is 14.5. The van der Waals surface area contributed by atoms with Gasteiger partial charge in [0.2, 0.25) is 5.91 Å². The van der Waals surface area contributed by atoms with Gasteiger partial charge in [-0.1, -0.05) is 6.07 Å². The monoisotopic (exact) mass is 438 g/mol. The second-order valence-corrected chi connectivity index (χ2v) is 7.89. The smallest absolute Gasteiger partial charge is 0.224 e. The quantitative estimate of drug-likeness (QED) is 0.572. The number of aromatic nitrogens is 4. The number of aromatic amines is 1. The van der Waals surface area contributed by atoms with Crippen molar-refractivity contribution in [2.45, 2.75) is 19.5 Å². The molecule has 0 bridgehead atoms. The Balaban J connectivity index is 1.32. The number of methoxy groups -OCH3 is 1. The predicted octanol–water partition coefficient (Wildman–Crippen LogP) is 2.75. The molecule has 4 rings (SSSR count). The fourth-order valence-electron chi connectivity index (χ4n) is 3.76. The lowest BCUT2D eigenvalue weighted by atomic mass is 10.2. The van der Waals surface area contributed by atoms with Gasteiger partial charge in [-0.25, -0.2) is 0 Å². The van der Waals surface area contributed by atoms with Gasteiger partial charge in [0.1, 0.15) is 5.75 Å². The Morgan fingerprint density at radius 1 is 1.16 bits per heavy atom. The maximum atomic E-state index is 12.8. The van der Waals surface area contributed by atoms with Crippen LogP contribution in [0.3, 0.4) is 0 Å². The van der Waals surface area contributed by atoms with E-state index in [4.69, 9.17) is 17.0 Å². The maximum Gasteiger partial charge on any atom is 0.224 e. The van der Waals surface area contributed by atoms with Crippen molar-refractivity contribution in [3.8, 4) is 17.1 Å². The lowest BCUT2D eigenvalue weighted by Gasteiger charge is -2.34. The van der Waals surface area contributed by atoms with Crippen LogP contribution in [0.5, 0.6) is 5.75 Å². The van der Waals surface area contributed by atoms with Gasteiger partial charge in [-0.3, -0.25) is 24.3 Å². The Morgan fingerprint density at radius 3 is 2.61 bits per heavy atom. The molecule has 31 heavy (non-hydrogen) atoms. The molecule has 0 atom stereocenters. The third kappa shape index (κ3) is 5.18. The molecule has 8 nitrogen and oxygen atoms in total. The Morgan fingerprint density at radius 2 is 1.94 bits per heavy atom. The number of piperazine rings is 1. The second kappa shape index (κ2) is 9.84. The highest BCUT2D eigenvalue weighted by Crippen LogP contribution is 2.21. The molecule has 1 aliphatic rings. The molecule has 1 fully saturated rings. The summed E-state index contributed by atoms with van der Waals surface area (Å²) in [5.41, 5.74) is 2.12. The van der Waals surface area contributed by atoms with Gasteiger partial charge in [0, 0.05) is 63.6 Å². The molecular formula is C22H26N6O2S. The third-order valence-electron chi connectivity index (χ3n) is 5.51. The number of nitrogens with one attached hydrogen (secondary N) is 1. The van der Waals surface area contributed by atoms with Crippen LogP contribution in [-0.2, 0) is 17.9 Å². The van der Waals surface area contributed by atoms with Gasteiger partial charge >= 0.3 is 0 Å². The molecule has 162 valence electrons. The van der Waals surface area contributed by atoms with E-state index in [0.717, 1.165) is 49.9 Å². The number of nitrogens with zero attached hydrogens (tertiary/aromatic N) is 5. The molecule has 0 radical (unpaired) electrons. The first kappa shape index (κ1) is 21.2. The molecule has 3 aromatic rings. The predicted molar refractivity (Wildman–Crippen MR) is 120 cm³/mol. The van der Waals surface area contributed by atoms with E-state index in [1.807, 2.05) is 46.0 Å². The SMILES string of the molecule is COc1ccc(-c2n[nH]c(=S)n2CCC(=O)N2CCN(Cc3cccnc3)CC2)cc1. The first-order valence-corrected chi connectivity index (χ1v) is 10.7. The maximum absolute atomic E-state index is 12.8. The van der Waals surface area contributed by atoms with Crippen LogP contribution in [0.25, 0.3) is 11.4 Å². The average Bonchev–Trinajstić information content (AvgIpc) is 3.19. The van der Waals surface area contributed by atoms with E-state index in [-0.39, 0.29) is 5.91 Å². The van der Waals surface area contributed by atoms with Crippen molar-refractivity contribution in [2.75, 3.05) is 33.3 Å². The minimum absolute atomic E-state index is 0.143. The second-order valence-electron chi connectivity index (χ2n) is 7.50. The van der Waals surface area contributed by atoms with Gasteiger partial charge in [0.15, 0.2) is 10.6 Å². The number of amides is 1. The number of hydrogen-bond donors (Lipinski definition) is 1. The molecule has 3 heterocycles. The molecule has 0 unspecified atom stereocenters. The molecule has 1 aromatic carbocycles. The number of hydrogen-bond acceptors (Lipinski definition) is 6. The number of rotatable bonds is 7. The summed E-state index contributed by atoms with van der Waals surface area (Å²) in [5.74, 6) is 1.65. The van der Waals surface area contributed by atoms with Gasteiger partial charge in [-0.2, -0.15) is 5.10 Å². The molecule has 0 saturated carbocycles. The molecule has 1 amide bonds. The van der Waals surface area contributed by atoms with Crippen LogP contribution in [0, 0.1) is 4.77 Å². The number of carbonyl (C=O) groups is 1. The molecule has 9 heteroatoms.